The molecule has 2 aliphatic rings. The Bertz CT molecular complexity index is 3080. The summed E-state index contributed by atoms with van der Waals surface area (Å²) in [4.78, 5) is 2.48. The van der Waals surface area contributed by atoms with Crippen molar-refractivity contribution >= 4 is 28.4 Å². The van der Waals surface area contributed by atoms with E-state index in [1.807, 2.05) is 0 Å². The summed E-state index contributed by atoms with van der Waals surface area (Å²) >= 11 is 0. The molecule has 0 saturated carbocycles. The highest BCUT2D eigenvalue weighted by Gasteiger charge is 2.46. The normalized spacial score (nSPS) is 15.4. The highest BCUT2D eigenvalue weighted by molar-refractivity contribution is 5.91. The Morgan fingerprint density at radius 1 is 0.619 bits per heavy atom. The fraction of sp³-hybridized carbons (Fsp3) is 0.115. The smallest absolute Gasteiger partial charge is 0.0714 e. The largest absolute Gasteiger partial charge is 0.315 e. The van der Waals surface area contributed by atoms with Crippen LogP contribution in [0.1, 0.15) is 76.7 Å². The average Bonchev–Trinajstić information content (AvgIpc) is 3.85. The van der Waals surface area contributed by atoms with Crippen molar-refractivity contribution in [3.8, 4) is 16.8 Å². The standard InChI is InChI=1S/C61H50N2/c1-43(45-19-7-3-8-20-45)31-32-44(2)62(51-36-33-46(34-37-51)47-35-40-60-56(41-47)55-28-16-18-30-59(55)63(60)50-25-13-6-14-26-50)52-38-39-54-53-27-15-17-29-57(53)61(58(54)42-52,48-21-9-4-10-22-48)49-23-11-5-12-24-49/h3-30,32-40,42-43,47H,31,41H2,1-2H3/b44-32+. The van der Waals surface area contributed by atoms with Gasteiger partial charge in [0.2, 0.25) is 0 Å². The summed E-state index contributed by atoms with van der Waals surface area (Å²) in [5.41, 5.74) is 18.6. The van der Waals surface area contributed by atoms with Crippen molar-refractivity contribution in [3.05, 3.63) is 275 Å². The Balaban J connectivity index is 1.01. The van der Waals surface area contributed by atoms with Crippen molar-refractivity contribution in [1.82, 2.24) is 4.57 Å². The van der Waals surface area contributed by atoms with Gasteiger partial charge in [0.25, 0.3) is 0 Å². The second-order valence-electron chi connectivity index (χ2n) is 17.3. The maximum Gasteiger partial charge on any atom is 0.0714 e. The summed E-state index contributed by atoms with van der Waals surface area (Å²) in [5, 5.41) is 1.33. The summed E-state index contributed by atoms with van der Waals surface area (Å²) in [5.74, 6) is 0.661. The fourth-order valence-electron chi connectivity index (χ4n) is 10.7. The number of rotatable bonds is 10. The molecule has 2 heteroatoms. The third-order valence-corrected chi connectivity index (χ3v) is 13.7. The van der Waals surface area contributed by atoms with Crippen LogP contribution >= 0.6 is 0 Å². The van der Waals surface area contributed by atoms with E-state index in [1.54, 1.807) is 0 Å². The van der Waals surface area contributed by atoms with E-state index in [-0.39, 0.29) is 5.92 Å². The average molecular weight is 811 g/mol. The SMILES string of the molecule is C/C(=C\CC(C)c1ccccc1)N(c1ccc(C2C=Cc3c(c4ccccc4n3-c3ccccc3)C2)cc1)c1ccc2c(c1)C(c1ccccc1)(c1ccccc1)c1ccccc1-2. The van der Waals surface area contributed by atoms with Gasteiger partial charge in [-0.15, -0.1) is 0 Å². The first-order valence-electron chi connectivity index (χ1n) is 22.4. The molecule has 2 unspecified atom stereocenters. The van der Waals surface area contributed by atoms with Gasteiger partial charge in [0, 0.05) is 39.8 Å². The topological polar surface area (TPSA) is 8.17 Å². The molecule has 0 fully saturated rings. The number of anilines is 2. The molecule has 2 atom stereocenters. The lowest BCUT2D eigenvalue weighted by Crippen LogP contribution is -2.28. The summed E-state index contributed by atoms with van der Waals surface area (Å²) in [6, 6.07) is 78.3. The minimum absolute atomic E-state index is 0.272. The molecule has 2 nitrogen and oxygen atoms in total. The minimum atomic E-state index is -0.477. The Labute approximate surface area is 371 Å². The van der Waals surface area contributed by atoms with Gasteiger partial charge in [-0.05, 0) is 124 Å². The van der Waals surface area contributed by atoms with Crippen LogP contribution in [-0.2, 0) is 11.8 Å². The molecular formula is C61H50N2. The quantitative estimate of drug-likeness (QED) is 0.134. The van der Waals surface area contributed by atoms with Crippen LogP contribution in [0.25, 0.3) is 33.8 Å². The monoisotopic (exact) mass is 810 g/mol. The predicted molar refractivity (Wildman–Crippen MR) is 264 cm³/mol. The Kier molecular flexibility index (Phi) is 9.85. The van der Waals surface area contributed by atoms with Crippen molar-refractivity contribution in [1.29, 1.82) is 0 Å². The van der Waals surface area contributed by atoms with E-state index in [0.29, 0.717) is 5.92 Å². The van der Waals surface area contributed by atoms with Crippen LogP contribution in [-0.4, -0.2) is 4.57 Å². The second-order valence-corrected chi connectivity index (χ2v) is 17.3. The molecule has 2 aliphatic carbocycles. The molecular weight excluding hydrogens is 761 g/mol. The van der Waals surface area contributed by atoms with E-state index in [4.69, 9.17) is 0 Å². The number of aromatic nitrogens is 1. The van der Waals surface area contributed by atoms with E-state index in [9.17, 15) is 0 Å². The number of benzene rings is 8. The van der Waals surface area contributed by atoms with Gasteiger partial charge in [-0.1, -0.05) is 189 Å². The van der Waals surface area contributed by atoms with Crippen molar-refractivity contribution in [2.45, 2.75) is 43.9 Å². The first-order chi connectivity index (χ1) is 31.1. The molecule has 0 aliphatic heterocycles. The Morgan fingerprint density at radius 2 is 1.21 bits per heavy atom. The van der Waals surface area contributed by atoms with Crippen LogP contribution in [0.15, 0.2) is 230 Å². The Morgan fingerprint density at radius 3 is 1.92 bits per heavy atom. The summed E-state index contributed by atoms with van der Waals surface area (Å²) < 4.78 is 2.42. The third-order valence-electron chi connectivity index (χ3n) is 13.7. The predicted octanol–water partition coefficient (Wildman–Crippen LogP) is 15.6. The van der Waals surface area contributed by atoms with Crippen molar-refractivity contribution in [2.75, 3.05) is 4.90 Å². The number of nitrogens with zero attached hydrogens (tertiary/aromatic N) is 2. The molecule has 0 spiro atoms. The summed E-state index contributed by atoms with van der Waals surface area (Å²) in [6.45, 7) is 4.61. The maximum absolute atomic E-state index is 2.48. The molecule has 0 saturated heterocycles. The van der Waals surface area contributed by atoms with Crippen LogP contribution in [0, 0.1) is 0 Å². The van der Waals surface area contributed by atoms with Gasteiger partial charge in [-0.25, -0.2) is 0 Å². The van der Waals surface area contributed by atoms with Gasteiger partial charge in [0.15, 0.2) is 0 Å². The van der Waals surface area contributed by atoms with Gasteiger partial charge in [-0.2, -0.15) is 0 Å². The van der Waals surface area contributed by atoms with Crippen LogP contribution in [0.3, 0.4) is 0 Å². The molecule has 63 heavy (non-hydrogen) atoms. The third kappa shape index (κ3) is 6.57. The van der Waals surface area contributed by atoms with Gasteiger partial charge in [0.1, 0.15) is 0 Å². The molecule has 9 aromatic rings. The Hall–Kier alpha value is -7.42. The van der Waals surface area contributed by atoms with E-state index < -0.39 is 5.41 Å². The van der Waals surface area contributed by atoms with E-state index >= 15 is 0 Å². The molecule has 1 heterocycles. The van der Waals surface area contributed by atoms with E-state index in [2.05, 4.69) is 254 Å². The molecule has 11 rings (SSSR count). The van der Waals surface area contributed by atoms with Crippen molar-refractivity contribution in [3.63, 3.8) is 0 Å². The van der Waals surface area contributed by atoms with Gasteiger partial charge < -0.3 is 9.47 Å². The molecule has 0 radical (unpaired) electrons. The summed E-state index contributed by atoms with van der Waals surface area (Å²) in [7, 11) is 0. The molecule has 0 amide bonds. The van der Waals surface area contributed by atoms with Crippen LogP contribution in [0.2, 0.25) is 0 Å². The van der Waals surface area contributed by atoms with Gasteiger partial charge in [-0.3, -0.25) is 0 Å². The zero-order valence-corrected chi connectivity index (χ0v) is 35.9. The lowest BCUT2D eigenvalue weighted by molar-refractivity contribution is 0.767. The zero-order valence-electron chi connectivity index (χ0n) is 35.9. The molecule has 8 aromatic carbocycles. The van der Waals surface area contributed by atoms with Crippen LogP contribution < -0.4 is 4.90 Å². The first kappa shape index (κ1) is 38.5. The number of hydrogen-bond donors (Lipinski definition) is 0. The zero-order chi connectivity index (χ0) is 42.3. The van der Waals surface area contributed by atoms with Crippen molar-refractivity contribution in [2.24, 2.45) is 0 Å². The number of fused-ring (bicyclic) bond motifs is 6. The first-order valence-corrected chi connectivity index (χ1v) is 22.4. The number of hydrogen-bond acceptors (Lipinski definition) is 1. The van der Waals surface area contributed by atoms with Crippen LogP contribution in [0.4, 0.5) is 11.4 Å². The molecule has 1 aromatic heterocycles. The van der Waals surface area contributed by atoms with Gasteiger partial charge in [0.05, 0.1) is 10.9 Å². The number of allylic oxidation sites excluding steroid dienone is 3. The van der Waals surface area contributed by atoms with Crippen molar-refractivity contribution < 1.29 is 0 Å². The maximum atomic E-state index is 2.48. The lowest BCUT2D eigenvalue weighted by atomic mass is 9.67. The summed E-state index contributed by atoms with van der Waals surface area (Å²) in [6.07, 6.45) is 9.09. The molecule has 304 valence electrons. The highest BCUT2D eigenvalue weighted by atomic mass is 15.1. The number of para-hydroxylation sites is 2. The van der Waals surface area contributed by atoms with E-state index in [1.165, 1.54) is 78.1 Å². The lowest BCUT2D eigenvalue weighted by Gasteiger charge is -2.35. The molecule has 0 N–H and O–H groups in total. The highest BCUT2D eigenvalue weighted by Crippen LogP contribution is 2.57. The minimum Gasteiger partial charge on any atom is -0.315 e. The fourth-order valence-corrected chi connectivity index (χ4v) is 10.7. The van der Waals surface area contributed by atoms with E-state index in [0.717, 1.165) is 24.2 Å². The van der Waals surface area contributed by atoms with Crippen LogP contribution in [0.5, 0.6) is 0 Å². The molecule has 0 bridgehead atoms. The second kappa shape index (κ2) is 16.1. The van der Waals surface area contributed by atoms with Gasteiger partial charge >= 0.3 is 0 Å².